The second kappa shape index (κ2) is 8.38. The monoisotopic (exact) mass is 423 g/mol. The molecule has 0 saturated carbocycles. The van der Waals surface area contributed by atoms with E-state index in [2.05, 4.69) is 26.3 Å². The van der Waals surface area contributed by atoms with E-state index in [1.807, 2.05) is 12.1 Å². The molecule has 28 heavy (non-hydrogen) atoms. The molecule has 2 aromatic rings. The summed E-state index contributed by atoms with van der Waals surface area (Å²) in [5.41, 5.74) is 1.49. The van der Waals surface area contributed by atoms with Crippen LogP contribution in [0, 0.1) is 0 Å². The minimum atomic E-state index is -3.88. The molecular formula is C19H22ClN3O4S. The van der Waals surface area contributed by atoms with Gasteiger partial charge in [0.2, 0.25) is 0 Å². The van der Waals surface area contributed by atoms with Crippen LogP contribution in [-0.4, -0.2) is 59.6 Å². The Balaban J connectivity index is 1.76. The quantitative estimate of drug-likeness (QED) is 0.745. The smallest absolute Gasteiger partial charge is 0.339 e. The van der Waals surface area contributed by atoms with E-state index in [9.17, 15) is 13.2 Å². The first-order chi connectivity index (χ1) is 13.3. The molecule has 0 unspecified atom stereocenters. The Morgan fingerprint density at radius 3 is 2.32 bits per heavy atom. The van der Waals surface area contributed by atoms with E-state index in [1.54, 1.807) is 12.1 Å². The molecule has 0 atom stereocenters. The van der Waals surface area contributed by atoms with Gasteiger partial charge in [0, 0.05) is 37.6 Å². The van der Waals surface area contributed by atoms with Crippen LogP contribution >= 0.6 is 11.6 Å². The van der Waals surface area contributed by atoms with E-state index in [4.69, 9.17) is 11.6 Å². The summed E-state index contributed by atoms with van der Waals surface area (Å²) in [6, 6.07) is 11.1. The first kappa shape index (κ1) is 20.4. The normalized spacial score (nSPS) is 15.3. The zero-order valence-electron chi connectivity index (χ0n) is 15.7. The Morgan fingerprint density at radius 2 is 1.71 bits per heavy atom. The van der Waals surface area contributed by atoms with Crippen molar-refractivity contribution < 1.29 is 17.9 Å². The fraction of sp³-hybridized carbons (Fsp3) is 0.316. The minimum Gasteiger partial charge on any atom is -0.465 e. The van der Waals surface area contributed by atoms with Gasteiger partial charge in [-0.2, -0.15) is 0 Å². The van der Waals surface area contributed by atoms with Crippen LogP contribution in [0.2, 0.25) is 5.02 Å². The lowest BCUT2D eigenvalue weighted by atomic mass is 10.2. The van der Waals surface area contributed by atoms with E-state index in [0.717, 1.165) is 31.9 Å². The number of sulfonamides is 1. The topological polar surface area (TPSA) is 78.9 Å². The number of rotatable bonds is 5. The molecule has 0 bridgehead atoms. The van der Waals surface area contributed by atoms with Crippen LogP contribution in [0.5, 0.6) is 0 Å². The molecule has 0 aromatic heterocycles. The van der Waals surface area contributed by atoms with Gasteiger partial charge in [-0.3, -0.25) is 4.72 Å². The van der Waals surface area contributed by atoms with Gasteiger partial charge in [-0.1, -0.05) is 11.6 Å². The van der Waals surface area contributed by atoms with Gasteiger partial charge < -0.3 is 14.5 Å². The maximum absolute atomic E-state index is 12.7. The van der Waals surface area contributed by atoms with Gasteiger partial charge in [0.1, 0.15) is 0 Å². The van der Waals surface area contributed by atoms with Crippen molar-refractivity contribution in [3.8, 4) is 0 Å². The fourth-order valence-electron chi connectivity index (χ4n) is 2.96. The standard InChI is InChI=1S/C19H22ClN3O4S/c1-22-9-11-23(12-10-22)15-5-3-14(4-6-15)21-28(25,26)16-7-8-18(20)17(13-16)19(24)27-2/h3-8,13,21H,9-12H2,1-2H3. The van der Waals surface area contributed by atoms with E-state index in [1.165, 1.54) is 25.3 Å². The van der Waals surface area contributed by atoms with E-state index in [0.29, 0.717) is 5.69 Å². The fourth-order valence-corrected chi connectivity index (χ4v) is 4.24. The minimum absolute atomic E-state index is 0.00236. The largest absolute Gasteiger partial charge is 0.465 e. The predicted octanol–water partition coefficient (Wildman–Crippen LogP) is 2.68. The first-order valence-electron chi connectivity index (χ1n) is 8.74. The summed E-state index contributed by atoms with van der Waals surface area (Å²) in [6.07, 6.45) is 0. The molecule has 1 fully saturated rings. The van der Waals surface area contributed by atoms with Crippen molar-refractivity contribution in [2.45, 2.75) is 4.90 Å². The summed E-state index contributed by atoms with van der Waals surface area (Å²) in [6.45, 7) is 3.85. The zero-order chi connectivity index (χ0) is 20.3. The number of piperazine rings is 1. The molecule has 0 aliphatic carbocycles. The highest BCUT2D eigenvalue weighted by atomic mass is 35.5. The molecule has 0 radical (unpaired) electrons. The number of hydrogen-bond donors (Lipinski definition) is 1. The molecule has 3 rings (SSSR count). The highest BCUT2D eigenvalue weighted by Gasteiger charge is 2.20. The van der Waals surface area contributed by atoms with Gasteiger partial charge in [0.25, 0.3) is 10.0 Å². The highest BCUT2D eigenvalue weighted by Crippen LogP contribution is 2.24. The van der Waals surface area contributed by atoms with Crippen LogP contribution in [0.4, 0.5) is 11.4 Å². The number of hydrogen-bond acceptors (Lipinski definition) is 6. The number of esters is 1. The average Bonchev–Trinajstić information content (AvgIpc) is 2.68. The third-order valence-corrected chi connectivity index (χ3v) is 6.35. The summed E-state index contributed by atoms with van der Waals surface area (Å²) in [5, 5.41) is 0.127. The Hall–Kier alpha value is -2.29. The van der Waals surface area contributed by atoms with Crippen LogP contribution in [0.1, 0.15) is 10.4 Å². The molecule has 0 spiro atoms. The molecule has 1 aliphatic heterocycles. The Bertz CT molecular complexity index is 956. The van der Waals surface area contributed by atoms with Crippen molar-refractivity contribution in [1.29, 1.82) is 0 Å². The second-order valence-electron chi connectivity index (χ2n) is 6.58. The lowest BCUT2D eigenvalue weighted by molar-refractivity contribution is 0.0600. The lowest BCUT2D eigenvalue weighted by Crippen LogP contribution is -2.44. The average molecular weight is 424 g/mol. The molecular weight excluding hydrogens is 402 g/mol. The number of ether oxygens (including phenoxy) is 1. The van der Waals surface area contributed by atoms with Crippen molar-refractivity contribution in [1.82, 2.24) is 4.90 Å². The summed E-state index contributed by atoms with van der Waals surface area (Å²) >= 11 is 5.96. The summed E-state index contributed by atoms with van der Waals surface area (Å²) in [7, 11) is -0.573. The molecule has 1 saturated heterocycles. The number of likely N-dealkylation sites (N-methyl/N-ethyl adjacent to an activating group) is 1. The van der Waals surface area contributed by atoms with Crippen LogP contribution in [0.3, 0.4) is 0 Å². The number of benzene rings is 2. The number of nitrogens with zero attached hydrogens (tertiary/aromatic N) is 2. The molecule has 150 valence electrons. The maximum Gasteiger partial charge on any atom is 0.339 e. The first-order valence-corrected chi connectivity index (χ1v) is 10.6. The summed E-state index contributed by atoms with van der Waals surface area (Å²) in [5.74, 6) is -0.696. The third kappa shape index (κ3) is 4.57. The predicted molar refractivity (Wildman–Crippen MR) is 110 cm³/mol. The van der Waals surface area contributed by atoms with Crippen molar-refractivity contribution in [3.05, 3.63) is 53.1 Å². The Morgan fingerprint density at radius 1 is 1.07 bits per heavy atom. The molecule has 0 amide bonds. The van der Waals surface area contributed by atoms with E-state index >= 15 is 0 Å². The summed E-state index contributed by atoms with van der Waals surface area (Å²) in [4.78, 5) is 16.2. The van der Waals surface area contributed by atoms with E-state index < -0.39 is 16.0 Å². The number of carbonyl (C=O) groups excluding carboxylic acids is 1. The van der Waals surface area contributed by atoms with Gasteiger partial charge in [-0.15, -0.1) is 0 Å². The molecule has 1 aliphatic rings. The summed E-state index contributed by atoms with van der Waals surface area (Å²) < 4.78 is 32.5. The molecule has 1 N–H and O–H groups in total. The van der Waals surface area contributed by atoms with Crippen molar-refractivity contribution in [2.24, 2.45) is 0 Å². The lowest BCUT2D eigenvalue weighted by Gasteiger charge is -2.34. The number of nitrogens with one attached hydrogen (secondary N) is 1. The van der Waals surface area contributed by atoms with Gasteiger partial charge in [-0.25, -0.2) is 13.2 Å². The molecule has 7 nitrogen and oxygen atoms in total. The highest BCUT2D eigenvalue weighted by molar-refractivity contribution is 7.92. The Kier molecular flexibility index (Phi) is 6.12. The number of anilines is 2. The SMILES string of the molecule is COC(=O)c1cc(S(=O)(=O)Nc2ccc(N3CCN(C)CC3)cc2)ccc1Cl. The number of carbonyl (C=O) groups is 1. The van der Waals surface area contributed by atoms with Crippen molar-refractivity contribution in [2.75, 3.05) is 50.0 Å². The number of methoxy groups -OCH3 is 1. The third-order valence-electron chi connectivity index (χ3n) is 4.64. The van der Waals surface area contributed by atoms with Gasteiger partial charge in [0.05, 0.1) is 22.6 Å². The zero-order valence-corrected chi connectivity index (χ0v) is 17.3. The molecule has 9 heteroatoms. The molecule has 2 aromatic carbocycles. The van der Waals surface area contributed by atoms with Crippen molar-refractivity contribution >= 4 is 39.0 Å². The van der Waals surface area contributed by atoms with Crippen LogP contribution in [0.25, 0.3) is 0 Å². The van der Waals surface area contributed by atoms with Crippen LogP contribution in [-0.2, 0) is 14.8 Å². The van der Waals surface area contributed by atoms with Gasteiger partial charge in [0.15, 0.2) is 0 Å². The van der Waals surface area contributed by atoms with Gasteiger partial charge >= 0.3 is 5.97 Å². The van der Waals surface area contributed by atoms with Crippen molar-refractivity contribution in [3.63, 3.8) is 0 Å². The maximum atomic E-state index is 12.7. The van der Waals surface area contributed by atoms with E-state index in [-0.39, 0.29) is 15.5 Å². The second-order valence-corrected chi connectivity index (χ2v) is 8.67. The Labute approximate surface area is 169 Å². The van der Waals surface area contributed by atoms with Gasteiger partial charge in [-0.05, 0) is 49.5 Å². The number of halogens is 1. The molecule has 1 heterocycles. The van der Waals surface area contributed by atoms with Crippen LogP contribution in [0.15, 0.2) is 47.4 Å². The van der Waals surface area contributed by atoms with Crippen LogP contribution < -0.4 is 9.62 Å².